The number of benzene rings is 1. The summed E-state index contributed by atoms with van der Waals surface area (Å²) < 4.78 is 22.7. The highest BCUT2D eigenvalue weighted by Crippen LogP contribution is 2.24. The number of likely N-dealkylation sites (tertiary alicyclic amines) is 1. The average Bonchev–Trinajstić information content (AvgIpc) is 2.75. The van der Waals surface area contributed by atoms with E-state index < -0.39 is 9.84 Å². The Morgan fingerprint density at radius 3 is 2.53 bits per heavy atom. The first kappa shape index (κ1) is 14.9. The number of nitrogens with zero attached hydrogens (tertiary/aromatic N) is 1. The van der Waals surface area contributed by atoms with Crippen LogP contribution in [0.2, 0.25) is 0 Å². The Kier molecular flexibility index (Phi) is 4.92. The lowest BCUT2D eigenvalue weighted by atomic mass is 10.2. The summed E-state index contributed by atoms with van der Waals surface area (Å²) in [5.74, 6) is 1.09. The molecular formula is C14H21NO2S2. The Balaban J connectivity index is 1.83. The van der Waals surface area contributed by atoms with Gasteiger partial charge >= 0.3 is 0 Å². The van der Waals surface area contributed by atoms with Crippen LogP contribution in [0.15, 0.2) is 34.1 Å². The molecule has 1 aromatic rings. The lowest BCUT2D eigenvalue weighted by Crippen LogP contribution is -2.25. The SMILES string of the molecule is CN1CCC[C@@H]1CCSc1ccc(S(C)(=O)=O)cc1. The predicted octanol–water partition coefficient (Wildman–Crippen LogP) is 2.67. The van der Waals surface area contributed by atoms with E-state index in [0.29, 0.717) is 4.90 Å². The summed E-state index contributed by atoms with van der Waals surface area (Å²) in [7, 11) is -0.879. The highest BCUT2D eigenvalue weighted by molar-refractivity contribution is 7.99. The standard InChI is InChI=1S/C14H21NO2S2/c1-15-10-3-4-12(15)9-11-18-13-5-7-14(8-6-13)19(2,16)17/h5-8,12H,3-4,9-11H2,1-2H3/t12-/m1/s1. The monoisotopic (exact) mass is 299 g/mol. The van der Waals surface area contributed by atoms with Crippen molar-refractivity contribution >= 4 is 21.6 Å². The molecule has 1 aromatic carbocycles. The van der Waals surface area contributed by atoms with Crippen molar-refractivity contribution in [3.8, 4) is 0 Å². The van der Waals surface area contributed by atoms with E-state index in [2.05, 4.69) is 11.9 Å². The molecule has 0 N–H and O–H groups in total. The number of rotatable bonds is 5. The summed E-state index contributed by atoms with van der Waals surface area (Å²) >= 11 is 1.81. The van der Waals surface area contributed by atoms with Crippen molar-refractivity contribution in [1.29, 1.82) is 0 Å². The summed E-state index contributed by atoms with van der Waals surface area (Å²) in [4.78, 5) is 3.98. The quantitative estimate of drug-likeness (QED) is 0.783. The number of thioether (sulfide) groups is 1. The smallest absolute Gasteiger partial charge is 0.175 e. The second kappa shape index (κ2) is 6.29. The predicted molar refractivity (Wildman–Crippen MR) is 80.5 cm³/mol. The van der Waals surface area contributed by atoms with Crippen molar-refractivity contribution in [2.75, 3.05) is 25.6 Å². The summed E-state index contributed by atoms with van der Waals surface area (Å²) in [6, 6.07) is 7.92. The third-order valence-electron chi connectivity index (χ3n) is 3.64. The Hall–Kier alpha value is -0.520. The maximum absolute atomic E-state index is 11.4. The first-order valence-electron chi connectivity index (χ1n) is 6.60. The summed E-state index contributed by atoms with van der Waals surface area (Å²) in [5.41, 5.74) is 0. The van der Waals surface area contributed by atoms with Crippen molar-refractivity contribution in [3.05, 3.63) is 24.3 Å². The molecule has 0 radical (unpaired) electrons. The van der Waals surface area contributed by atoms with E-state index in [1.54, 1.807) is 12.1 Å². The fourth-order valence-electron chi connectivity index (χ4n) is 2.44. The third kappa shape index (κ3) is 4.23. The molecule has 3 nitrogen and oxygen atoms in total. The van der Waals surface area contributed by atoms with Crippen molar-refractivity contribution in [2.24, 2.45) is 0 Å². The van der Waals surface area contributed by atoms with Crippen LogP contribution in [-0.4, -0.2) is 45.0 Å². The molecule has 1 heterocycles. The molecule has 0 saturated carbocycles. The van der Waals surface area contributed by atoms with Crippen molar-refractivity contribution in [1.82, 2.24) is 4.90 Å². The molecule has 0 aliphatic carbocycles. The van der Waals surface area contributed by atoms with Gasteiger partial charge in [0.1, 0.15) is 0 Å². The normalized spacial score (nSPS) is 20.8. The van der Waals surface area contributed by atoms with Gasteiger partial charge in [-0.15, -0.1) is 11.8 Å². The lowest BCUT2D eigenvalue weighted by molar-refractivity contribution is 0.305. The van der Waals surface area contributed by atoms with E-state index in [0.717, 1.165) is 16.7 Å². The molecule has 0 spiro atoms. The molecule has 1 fully saturated rings. The van der Waals surface area contributed by atoms with Gasteiger partial charge in [0.2, 0.25) is 0 Å². The highest BCUT2D eigenvalue weighted by atomic mass is 32.2. The summed E-state index contributed by atoms with van der Waals surface area (Å²) in [5, 5.41) is 0. The van der Waals surface area contributed by atoms with E-state index in [1.807, 2.05) is 23.9 Å². The molecule has 1 aliphatic rings. The van der Waals surface area contributed by atoms with E-state index in [1.165, 1.54) is 32.1 Å². The summed E-state index contributed by atoms with van der Waals surface area (Å²) in [6.07, 6.45) is 5.07. The Morgan fingerprint density at radius 2 is 2.00 bits per heavy atom. The van der Waals surface area contributed by atoms with Crippen LogP contribution in [-0.2, 0) is 9.84 Å². The van der Waals surface area contributed by atoms with Gasteiger partial charge in [0.15, 0.2) is 9.84 Å². The molecule has 19 heavy (non-hydrogen) atoms. The first-order chi connectivity index (χ1) is 8.97. The maximum Gasteiger partial charge on any atom is 0.175 e. The second-order valence-corrected chi connectivity index (χ2v) is 8.34. The van der Waals surface area contributed by atoms with Gasteiger partial charge in [0.25, 0.3) is 0 Å². The van der Waals surface area contributed by atoms with Gasteiger partial charge in [-0.1, -0.05) is 0 Å². The second-order valence-electron chi connectivity index (χ2n) is 5.16. The van der Waals surface area contributed by atoms with Gasteiger partial charge in [0.05, 0.1) is 4.90 Å². The fourth-order valence-corrected chi connectivity index (χ4v) is 4.02. The molecular weight excluding hydrogens is 278 g/mol. The molecule has 1 aliphatic heterocycles. The van der Waals surface area contributed by atoms with Crippen molar-refractivity contribution < 1.29 is 8.42 Å². The van der Waals surface area contributed by atoms with E-state index in [4.69, 9.17) is 0 Å². The highest BCUT2D eigenvalue weighted by Gasteiger charge is 2.19. The van der Waals surface area contributed by atoms with Gasteiger partial charge in [-0.25, -0.2) is 8.42 Å². The maximum atomic E-state index is 11.4. The molecule has 106 valence electrons. The van der Waals surface area contributed by atoms with E-state index in [-0.39, 0.29) is 0 Å². The van der Waals surface area contributed by atoms with Crippen LogP contribution in [0, 0.1) is 0 Å². The van der Waals surface area contributed by atoms with Crippen LogP contribution in [0.3, 0.4) is 0 Å². The summed E-state index contributed by atoms with van der Waals surface area (Å²) in [6.45, 7) is 1.22. The molecule has 1 atom stereocenters. The van der Waals surface area contributed by atoms with Crippen LogP contribution in [0.1, 0.15) is 19.3 Å². The number of sulfone groups is 1. The van der Waals surface area contributed by atoms with Gasteiger partial charge in [-0.05, 0) is 62.9 Å². The number of hydrogen-bond donors (Lipinski definition) is 0. The van der Waals surface area contributed by atoms with E-state index in [9.17, 15) is 8.42 Å². The van der Waals surface area contributed by atoms with Crippen LogP contribution in [0.25, 0.3) is 0 Å². The van der Waals surface area contributed by atoms with Crippen molar-refractivity contribution in [2.45, 2.75) is 35.1 Å². The van der Waals surface area contributed by atoms with Crippen LogP contribution >= 0.6 is 11.8 Å². The zero-order valence-electron chi connectivity index (χ0n) is 11.5. The largest absolute Gasteiger partial charge is 0.303 e. The van der Waals surface area contributed by atoms with Gasteiger partial charge in [0, 0.05) is 17.2 Å². The minimum absolute atomic E-state index is 0.396. The average molecular weight is 299 g/mol. The van der Waals surface area contributed by atoms with Crippen LogP contribution in [0.4, 0.5) is 0 Å². The molecule has 2 rings (SSSR count). The molecule has 0 unspecified atom stereocenters. The van der Waals surface area contributed by atoms with Gasteiger partial charge in [-0.3, -0.25) is 0 Å². The molecule has 0 amide bonds. The minimum atomic E-state index is -3.08. The van der Waals surface area contributed by atoms with E-state index >= 15 is 0 Å². The Bertz CT molecular complexity index is 511. The molecule has 0 bridgehead atoms. The number of hydrogen-bond acceptors (Lipinski definition) is 4. The van der Waals surface area contributed by atoms with Crippen LogP contribution in [0.5, 0.6) is 0 Å². The van der Waals surface area contributed by atoms with Crippen molar-refractivity contribution in [3.63, 3.8) is 0 Å². The first-order valence-corrected chi connectivity index (χ1v) is 9.48. The molecule has 1 saturated heterocycles. The topological polar surface area (TPSA) is 37.4 Å². The zero-order chi connectivity index (χ0) is 13.9. The molecule has 0 aromatic heterocycles. The van der Waals surface area contributed by atoms with Crippen LogP contribution < -0.4 is 0 Å². The zero-order valence-corrected chi connectivity index (χ0v) is 13.1. The lowest BCUT2D eigenvalue weighted by Gasteiger charge is -2.18. The van der Waals surface area contributed by atoms with Gasteiger partial charge in [-0.2, -0.15) is 0 Å². The fraction of sp³-hybridized carbons (Fsp3) is 0.571. The minimum Gasteiger partial charge on any atom is -0.303 e. The third-order valence-corrected chi connectivity index (χ3v) is 5.82. The van der Waals surface area contributed by atoms with Gasteiger partial charge < -0.3 is 4.90 Å². The Labute approximate surface area is 120 Å². The Morgan fingerprint density at radius 1 is 1.32 bits per heavy atom. The molecule has 5 heteroatoms.